The Balaban J connectivity index is 1.78. The van der Waals surface area contributed by atoms with E-state index in [2.05, 4.69) is 10.0 Å². The zero-order valence-electron chi connectivity index (χ0n) is 17.4. The first-order chi connectivity index (χ1) is 14.7. The molecule has 1 amide bonds. The van der Waals surface area contributed by atoms with Gasteiger partial charge < -0.3 is 10.1 Å². The molecule has 0 aromatic heterocycles. The maximum absolute atomic E-state index is 12.9. The molecule has 0 aliphatic heterocycles. The summed E-state index contributed by atoms with van der Waals surface area (Å²) in [6.07, 6.45) is 0. The van der Waals surface area contributed by atoms with Crippen LogP contribution in [-0.2, 0) is 16.6 Å². The van der Waals surface area contributed by atoms with Gasteiger partial charge in [0.05, 0.1) is 17.8 Å². The molecule has 31 heavy (non-hydrogen) atoms. The zero-order chi connectivity index (χ0) is 22.6. The van der Waals surface area contributed by atoms with Crippen LogP contribution in [0.4, 0.5) is 5.69 Å². The van der Waals surface area contributed by atoms with Crippen molar-refractivity contribution < 1.29 is 17.9 Å². The minimum Gasteiger partial charge on any atom is -0.497 e. The average molecular weight is 459 g/mol. The van der Waals surface area contributed by atoms with E-state index in [1.54, 1.807) is 25.3 Å². The van der Waals surface area contributed by atoms with Crippen LogP contribution in [0.5, 0.6) is 5.75 Å². The zero-order valence-corrected chi connectivity index (χ0v) is 19.0. The summed E-state index contributed by atoms with van der Waals surface area (Å²) < 4.78 is 33.5. The van der Waals surface area contributed by atoms with Gasteiger partial charge in [0.25, 0.3) is 15.9 Å². The Morgan fingerprint density at radius 1 is 1.00 bits per heavy atom. The number of hydrogen-bond donors (Lipinski definition) is 2. The molecule has 0 aliphatic rings. The molecule has 0 radical (unpaired) electrons. The molecule has 8 heteroatoms. The highest BCUT2D eigenvalue weighted by Crippen LogP contribution is 2.26. The van der Waals surface area contributed by atoms with Crippen molar-refractivity contribution in [3.8, 4) is 5.75 Å². The van der Waals surface area contributed by atoms with Crippen LogP contribution in [0.3, 0.4) is 0 Å². The number of rotatable bonds is 7. The first-order valence-corrected chi connectivity index (χ1v) is 11.4. The number of aryl methyl sites for hydroxylation is 2. The number of ether oxygens (including phenoxy) is 1. The largest absolute Gasteiger partial charge is 0.497 e. The lowest BCUT2D eigenvalue weighted by Gasteiger charge is -2.13. The molecule has 0 atom stereocenters. The third-order valence-corrected chi connectivity index (χ3v) is 6.57. The quantitative estimate of drug-likeness (QED) is 0.537. The summed E-state index contributed by atoms with van der Waals surface area (Å²) in [5.41, 5.74) is 3.34. The fraction of sp³-hybridized carbons (Fsp3) is 0.174. The molecule has 3 aromatic carbocycles. The molecular formula is C23H23ClN2O4S. The highest BCUT2D eigenvalue weighted by molar-refractivity contribution is 7.92. The van der Waals surface area contributed by atoms with Gasteiger partial charge in [-0.1, -0.05) is 41.4 Å². The lowest BCUT2D eigenvalue weighted by atomic mass is 10.1. The topological polar surface area (TPSA) is 84.5 Å². The Hall–Kier alpha value is -3.03. The number of amides is 1. The number of halogens is 1. The highest BCUT2D eigenvalue weighted by Gasteiger charge is 2.21. The summed E-state index contributed by atoms with van der Waals surface area (Å²) in [6, 6.07) is 16.8. The molecule has 0 saturated heterocycles. The summed E-state index contributed by atoms with van der Waals surface area (Å²) in [5, 5.41) is 2.81. The van der Waals surface area contributed by atoms with Crippen LogP contribution in [0, 0.1) is 13.8 Å². The molecule has 0 unspecified atom stereocenters. The summed E-state index contributed by atoms with van der Waals surface area (Å²) in [6.45, 7) is 4.03. The van der Waals surface area contributed by atoms with Crippen LogP contribution in [0.1, 0.15) is 27.0 Å². The number of sulfonamides is 1. The fourth-order valence-electron chi connectivity index (χ4n) is 3.01. The van der Waals surface area contributed by atoms with Gasteiger partial charge in [0.1, 0.15) is 10.6 Å². The highest BCUT2D eigenvalue weighted by atomic mass is 35.5. The molecule has 3 aromatic rings. The van der Waals surface area contributed by atoms with Crippen molar-refractivity contribution in [3.05, 3.63) is 87.9 Å². The normalized spacial score (nSPS) is 11.1. The molecular weight excluding hydrogens is 436 g/mol. The third kappa shape index (κ3) is 5.57. The summed E-state index contributed by atoms with van der Waals surface area (Å²) in [4.78, 5) is 12.4. The summed E-state index contributed by atoms with van der Waals surface area (Å²) in [7, 11) is -2.40. The monoisotopic (exact) mass is 458 g/mol. The van der Waals surface area contributed by atoms with E-state index in [9.17, 15) is 13.2 Å². The number of carbonyl (C=O) groups excluding carboxylic acids is 1. The van der Waals surface area contributed by atoms with E-state index in [4.69, 9.17) is 16.3 Å². The van der Waals surface area contributed by atoms with Gasteiger partial charge in [0.15, 0.2) is 0 Å². The number of hydrogen-bond acceptors (Lipinski definition) is 4. The molecule has 0 bridgehead atoms. The van der Waals surface area contributed by atoms with E-state index in [1.165, 1.54) is 18.2 Å². The average Bonchev–Trinajstić information content (AvgIpc) is 2.74. The van der Waals surface area contributed by atoms with E-state index in [1.807, 2.05) is 38.1 Å². The molecule has 3 rings (SSSR count). The molecule has 6 nitrogen and oxygen atoms in total. The molecule has 0 spiro atoms. The van der Waals surface area contributed by atoms with Crippen LogP contribution in [-0.4, -0.2) is 21.4 Å². The SMILES string of the molecule is COc1ccc(CNC(=O)c2ccc(Cl)c(S(=O)(=O)Nc3ccc(C)cc3C)c2)cc1. The predicted molar refractivity (Wildman–Crippen MR) is 122 cm³/mol. The van der Waals surface area contributed by atoms with E-state index < -0.39 is 15.9 Å². The summed E-state index contributed by atoms with van der Waals surface area (Å²) >= 11 is 6.16. The molecule has 2 N–H and O–H groups in total. The van der Waals surface area contributed by atoms with Gasteiger partial charge >= 0.3 is 0 Å². The van der Waals surface area contributed by atoms with Gasteiger partial charge in [-0.15, -0.1) is 0 Å². The van der Waals surface area contributed by atoms with Gasteiger partial charge in [-0.25, -0.2) is 8.42 Å². The second-order valence-corrected chi connectivity index (χ2v) is 9.16. The second kappa shape index (κ2) is 9.41. The molecule has 0 aliphatic carbocycles. The Morgan fingerprint density at radius 2 is 1.71 bits per heavy atom. The smallest absolute Gasteiger partial charge is 0.263 e. The van der Waals surface area contributed by atoms with Crippen LogP contribution in [0.2, 0.25) is 5.02 Å². The van der Waals surface area contributed by atoms with E-state index in [0.717, 1.165) is 22.4 Å². The van der Waals surface area contributed by atoms with Crippen LogP contribution < -0.4 is 14.8 Å². The maximum Gasteiger partial charge on any atom is 0.263 e. The van der Waals surface area contributed by atoms with Gasteiger partial charge in [0.2, 0.25) is 0 Å². The van der Waals surface area contributed by atoms with E-state index >= 15 is 0 Å². The number of methoxy groups -OCH3 is 1. The molecule has 0 saturated carbocycles. The number of carbonyl (C=O) groups is 1. The first-order valence-electron chi connectivity index (χ1n) is 9.50. The maximum atomic E-state index is 12.9. The van der Waals surface area contributed by atoms with Crippen molar-refractivity contribution in [2.24, 2.45) is 0 Å². The number of anilines is 1. The molecule has 0 heterocycles. The van der Waals surface area contributed by atoms with Crippen molar-refractivity contribution in [1.82, 2.24) is 5.32 Å². The van der Waals surface area contributed by atoms with Crippen molar-refractivity contribution in [1.29, 1.82) is 0 Å². The van der Waals surface area contributed by atoms with Crippen molar-refractivity contribution >= 4 is 33.2 Å². The van der Waals surface area contributed by atoms with Crippen molar-refractivity contribution in [3.63, 3.8) is 0 Å². The number of benzene rings is 3. The minimum atomic E-state index is -3.99. The lowest BCUT2D eigenvalue weighted by Crippen LogP contribution is -2.23. The van der Waals surface area contributed by atoms with Crippen molar-refractivity contribution in [2.75, 3.05) is 11.8 Å². The lowest BCUT2D eigenvalue weighted by molar-refractivity contribution is 0.0950. The summed E-state index contributed by atoms with van der Waals surface area (Å²) in [5.74, 6) is 0.314. The Labute approximate surface area is 187 Å². The third-order valence-electron chi connectivity index (χ3n) is 4.72. The van der Waals surface area contributed by atoms with Gasteiger partial charge in [0, 0.05) is 12.1 Å². The van der Waals surface area contributed by atoms with Gasteiger partial charge in [-0.3, -0.25) is 9.52 Å². The number of nitrogens with one attached hydrogen (secondary N) is 2. The molecule has 0 fully saturated rings. The van der Waals surface area contributed by atoms with Crippen LogP contribution in [0.25, 0.3) is 0 Å². The predicted octanol–water partition coefficient (Wildman–Crippen LogP) is 4.70. The van der Waals surface area contributed by atoms with E-state index in [-0.39, 0.29) is 22.0 Å². The van der Waals surface area contributed by atoms with Crippen molar-refractivity contribution in [2.45, 2.75) is 25.3 Å². The first kappa shape index (κ1) is 22.7. The fourth-order valence-corrected chi connectivity index (χ4v) is 4.66. The Bertz CT molecular complexity index is 1210. The van der Waals surface area contributed by atoms with Gasteiger partial charge in [-0.05, 0) is 61.4 Å². The Morgan fingerprint density at radius 3 is 2.35 bits per heavy atom. The minimum absolute atomic E-state index is 0.0315. The van der Waals surface area contributed by atoms with Gasteiger partial charge in [-0.2, -0.15) is 0 Å². The standard InChI is InChI=1S/C23H23ClN2O4S/c1-15-4-11-21(16(2)12-15)26-31(28,29)22-13-18(7-10-20(22)24)23(27)25-14-17-5-8-19(30-3)9-6-17/h4-13,26H,14H2,1-3H3,(H,25,27). The van der Waals surface area contributed by atoms with E-state index in [0.29, 0.717) is 5.69 Å². The van der Waals surface area contributed by atoms with Crippen LogP contribution in [0.15, 0.2) is 65.6 Å². The Kier molecular flexibility index (Phi) is 6.87. The molecule has 162 valence electrons. The van der Waals surface area contributed by atoms with Crippen LogP contribution >= 0.6 is 11.6 Å². The second-order valence-electron chi connectivity index (χ2n) is 7.10.